The van der Waals surface area contributed by atoms with Gasteiger partial charge in [-0.15, -0.1) is 6.58 Å². The van der Waals surface area contributed by atoms with Gasteiger partial charge in [0.15, 0.2) is 11.5 Å². The summed E-state index contributed by atoms with van der Waals surface area (Å²) in [5.41, 5.74) is 2.43. The highest BCUT2D eigenvalue weighted by Crippen LogP contribution is 2.37. The normalized spacial score (nSPS) is 18.2. The zero-order valence-electron chi connectivity index (χ0n) is 9.95. The molecule has 0 saturated heterocycles. The van der Waals surface area contributed by atoms with Crippen LogP contribution in [0.4, 0.5) is 0 Å². The molecule has 2 heteroatoms. The summed E-state index contributed by atoms with van der Waals surface area (Å²) in [7, 11) is 0. The van der Waals surface area contributed by atoms with Crippen molar-refractivity contribution in [3.63, 3.8) is 0 Å². The first-order valence-electron chi connectivity index (χ1n) is 5.79. The Morgan fingerprint density at radius 2 is 2.31 bits per heavy atom. The Hall–Kier alpha value is -1.44. The van der Waals surface area contributed by atoms with E-state index < -0.39 is 0 Å². The molecule has 1 aliphatic rings. The third-order valence-corrected chi connectivity index (χ3v) is 2.97. The summed E-state index contributed by atoms with van der Waals surface area (Å²) in [5.74, 6) is 1.78. The fourth-order valence-electron chi connectivity index (χ4n) is 1.93. The Labute approximate surface area is 96.9 Å². The highest BCUT2D eigenvalue weighted by atomic mass is 16.6. The Morgan fingerprint density at radius 1 is 1.50 bits per heavy atom. The number of allylic oxidation sites excluding steroid dienone is 1. The van der Waals surface area contributed by atoms with Crippen molar-refractivity contribution in [3.05, 3.63) is 35.9 Å². The summed E-state index contributed by atoms with van der Waals surface area (Å²) in [6.07, 6.45) is 3.88. The predicted octanol–water partition coefficient (Wildman–Crippen LogP) is 3.27. The number of fused-ring (bicyclic) bond motifs is 1. The van der Waals surface area contributed by atoms with E-state index in [0.29, 0.717) is 6.61 Å². The second-order valence-electron chi connectivity index (χ2n) is 4.14. The molecule has 2 rings (SSSR count). The van der Waals surface area contributed by atoms with Gasteiger partial charge in [-0.25, -0.2) is 0 Å². The predicted molar refractivity (Wildman–Crippen MR) is 65.3 cm³/mol. The average molecular weight is 218 g/mol. The minimum atomic E-state index is 0.179. The smallest absolute Gasteiger partial charge is 0.165 e. The second-order valence-corrected chi connectivity index (χ2v) is 4.14. The summed E-state index contributed by atoms with van der Waals surface area (Å²) < 4.78 is 11.7. The Bertz CT molecular complexity index is 396. The number of hydrogen-bond acceptors (Lipinski definition) is 2. The van der Waals surface area contributed by atoms with Gasteiger partial charge in [0, 0.05) is 5.56 Å². The van der Waals surface area contributed by atoms with Crippen molar-refractivity contribution in [1.29, 1.82) is 0 Å². The topological polar surface area (TPSA) is 18.5 Å². The molecule has 0 spiro atoms. The molecule has 0 amide bonds. The molecule has 1 aromatic carbocycles. The highest BCUT2D eigenvalue weighted by molar-refractivity contribution is 5.52. The molecule has 16 heavy (non-hydrogen) atoms. The summed E-state index contributed by atoms with van der Waals surface area (Å²) >= 11 is 0. The molecule has 2 nitrogen and oxygen atoms in total. The van der Waals surface area contributed by atoms with Crippen LogP contribution < -0.4 is 9.47 Å². The number of hydrogen-bond donors (Lipinski definition) is 0. The average Bonchev–Trinajstić information content (AvgIpc) is 2.32. The van der Waals surface area contributed by atoms with Crippen LogP contribution in [0, 0.1) is 6.92 Å². The van der Waals surface area contributed by atoms with Crippen LogP contribution in [0.1, 0.15) is 24.5 Å². The van der Waals surface area contributed by atoms with Crippen LogP contribution in [0.2, 0.25) is 0 Å². The molecule has 1 aliphatic heterocycles. The van der Waals surface area contributed by atoms with Crippen molar-refractivity contribution in [1.82, 2.24) is 0 Å². The Kier molecular flexibility index (Phi) is 3.18. The number of ether oxygens (including phenoxy) is 2. The van der Waals surface area contributed by atoms with E-state index in [1.807, 2.05) is 12.1 Å². The fourth-order valence-corrected chi connectivity index (χ4v) is 1.93. The second kappa shape index (κ2) is 4.60. The van der Waals surface area contributed by atoms with Crippen molar-refractivity contribution in [3.8, 4) is 11.5 Å². The summed E-state index contributed by atoms with van der Waals surface area (Å²) in [5, 5.41) is 0. The first-order chi connectivity index (χ1) is 7.76. The van der Waals surface area contributed by atoms with Crippen molar-refractivity contribution in [2.45, 2.75) is 32.8 Å². The van der Waals surface area contributed by atoms with Crippen LogP contribution in [-0.2, 0) is 6.42 Å². The first-order valence-corrected chi connectivity index (χ1v) is 5.79. The molecular weight excluding hydrogens is 200 g/mol. The molecule has 0 fully saturated rings. The van der Waals surface area contributed by atoms with Gasteiger partial charge in [-0.3, -0.25) is 0 Å². The molecule has 0 saturated carbocycles. The van der Waals surface area contributed by atoms with Crippen molar-refractivity contribution in [2.75, 3.05) is 6.61 Å². The van der Waals surface area contributed by atoms with Crippen molar-refractivity contribution >= 4 is 0 Å². The maximum absolute atomic E-state index is 5.97. The lowest BCUT2D eigenvalue weighted by atomic mass is 10.0. The van der Waals surface area contributed by atoms with Gasteiger partial charge in [-0.05, 0) is 31.4 Å². The van der Waals surface area contributed by atoms with E-state index in [4.69, 9.17) is 9.47 Å². The Balaban J connectivity index is 2.40. The van der Waals surface area contributed by atoms with Gasteiger partial charge in [0.1, 0.15) is 12.7 Å². The van der Waals surface area contributed by atoms with Crippen molar-refractivity contribution < 1.29 is 9.47 Å². The summed E-state index contributed by atoms with van der Waals surface area (Å²) in [6, 6.07) is 4.07. The lowest BCUT2D eigenvalue weighted by molar-refractivity contribution is 0.0872. The molecule has 1 aromatic rings. The Morgan fingerprint density at radius 3 is 3.00 bits per heavy atom. The standard InChI is InChI=1S/C14H18O2/c1-4-6-12-10(3)7-8-13-14(12)16-11(5-2)9-15-13/h4,7-8,11H,1,5-6,9H2,2-3H3. The number of rotatable bonds is 3. The van der Waals surface area contributed by atoms with Crippen LogP contribution in [0.3, 0.4) is 0 Å². The van der Waals surface area contributed by atoms with E-state index in [2.05, 4.69) is 26.5 Å². The quantitative estimate of drug-likeness (QED) is 0.725. The van der Waals surface area contributed by atoms with Gasteiger partial charge in [-0.1, -0.05) is 19.1 Å². The van der Waals surface area contributed by atoms with Gasteiger partial charge in [-0.2, -0.15) is 0 Å². The maximum atomic E-state index is 5.97. The van der Waals surface area contributed by atoms with Crippen molar-refractivity contribution in [2.24, 2.45) is 0 Å². The summed E-state index contributed by atoms with van der Waals surface area (Å²) in [4.78, 5) is 0. The van der Waals surface area contributed by atoms with Gasteiger partial charge in [0.05, 0.1) is 0 Å². The molecule has 0 aliphatic carbocycles. The lowest BCUT2D eigenvalue weighted by Gasteiger charge is -2.28. The van der Waals surface area contributed by atoms with E-state index in [1.54, 1.807) is 0 Å². The third-order valence-electron chi connectivity index (χ3n) is 2.97. The first kappa shape index (κ1) is 11.1. The van der Waals surface area contributed by atoms with Crippen LogP contribution >= 0.6 is 0 Å². The minimum Gasteiger partial charge on any atom is -0.486 e. The largest absolute Gasteiger partial charge is 0.486 e. The fraction of sp³-hybridized carbons (Fsp3) is 0.429. The third kappa shape index (κ3) is 1.92. The summed E-state index contributed by atoms with van der Waals surface area (Å²) in [6.45, 7) is 8.65. The molecule has 1 unspecified atom stereocenters. The minimum absolute atomic E-state index is 0.179. The number of aryl methyl sites for hydroxylation is 1. The zero-order valence-corrected chi connectivity index (χ0v) is 9.95. The van der Waals surface area contributed by atoms with Crippen LogP contribution in [-0.4, -0.2) is 12.7 Å². The lowest BCUT2D eigenvalue weighted by Crippen LogP contribution is -2.29. The molecule has 0 N–H and O–H groups in total. The molecule has 0 bridgehead atoms. The van der Waals surface area contributed by atoms with E-state index in [-0.39, 0.29) is 6.10 Å². The monoisotopic (exact) mass is 218 g/mol. The zero-order chi connectivity index (χ0) is 11.5. The van der Waals surface area contributed by atoms with Crippen LogP contribution in [0.5, 0.6) is 11.5 Å². The molecule has 1 heterocycles. The van der Waals surface area contributed by atoms with Crippen LogP contribution in [0.25, 0.3) is 0 Å². The van der Waals surface area contributed by atoms with E-state index >= 15 is 0 Å². The maximum Gasteiger partial charge on any atom is 0.165 e. The molecule has 1 atom stereocenters. The SMILES string of the molecule is C=CCc1c(C)ccc2c1OC(CC)CO2. The van der Waals surface area contributed by atoms with E-state index in [9.17, 15) is 0 Å². The van der Waals surface area contributed by atoms with Gasteiger partial charge >= 0.3 is 0 Å². The molecule has 0 radical (unpaired) electrons. The molecule has 0 aromatic heterocycles. The van der Waals surface area contributed by atoms with Gasteiger partial charge < -0.3 is 9.47 Å². The van der Waals surface area contributed by atoms with Crippen LogP contribution in [0.15, 0.2) is 24.8 Å². The van der Waals surface area contributed by atoms with Gasteiger partial charge in [0.25, 0.3) is 0 Å². The highest BCUT2D eigenvalue weighted by Gasteiger charge is 2.22. The van der Waals surface area contributed by atoms with E-state index in [1.165, 1.54) is 11.1 Å². The molecular formula is C14H18O2. The molecule has 86 valence electrons. The van der Waals surface area contributed by atoms with E-state index in [0.717, 1.165) is 24.3 Å². The number of benzene rings is 1. The van der Waals surface area contributed by atoms with Gasteiger partial charge in [0.2, 0.25) is 0 Å².